The van der Waals surface area contributed by atoms with Crippen LogP contribution in [0.25, 0.3) is 0 Å². The largest absolute Gasteiger partial charge is 0.756 e. The second kappa shape index (κ2) is 10.6. The average Bonchev–Trinajstić information content (AvgIpc) is 3.14. The van der Waals surface area contributed by atoms with E-state index in [9.17, 15) is 14.6 Å². The van der Waals surface area contributed by atoms with E-state index in [2.05, 4.69) is 0 Å². The number of methoxy groups -OCH3 is 2. The van der Waals surface area contributed by atoms with Gasteiger partial charge in [-0.15, -0.1) is 0 Å². The van der Waals surface area contributed by atoms with Crippen LogP contribution in [-0.2, 0) is 20.2 Å². The molecular formula is C21H34NO8P. The second-order valence-electron chi connectivity index (χ2n) is 8.49. The molecule has 2 aliphatic rings. The molecule has 1 aliphatic heterocycles. The molecule has 1 unspecified atom stereocenters. The van der Waals surface area contributed by atoms with E-state index in [4.69, 9.17) is 23.6 Å². The maximum Gasteiger partial charge on any atom is 0.269 e. The van der Waals surface area contributed by atoms with Crippen LogP contribution in [0.2, 0.25) is 0 Å². The molecule has 0 aromatic heterocycles. The first kappa shape index (κ1) is 24.5. The van der Waals surface area contributed by atoms with Gasteiger partial charge in [-0.3, -0.25) is 13.6 Å². The summed E-state index contributed by atoms with van der Waals surface area (Å²) in [5.74, 6) is 1.35. The summed E-state index contributed by atoms with van der Waals surface area (Å²) in [7, 11) is -1.63. The molecule has 1 aliphatic carbocycles. The summed E-state index contributed by atoms with van der Waals surface area (Å²) in [6.45, 7) is 1.34. The maximum atomic E-state index is 11.2. The highest BCUT2D eigenvalue weighted by atomic mass is 31.2. The van der Waals surface area contributed by atoms with Crippen LogP contribution in [-0.4, -0.2) is 73.4 Å². The lowest BCUT2D eigenvalue weighted by molar-refractivity contribution is -0.960. The van der Waals surface area contributed by atoms with Gasteiger partial charge in [0.25, 0.3) is 7.82 Å². The molecule has 3 rings (SSSR count). The minimum atomic E-state index is -4.84. The fourth-order valence-electron chi connectivity index (χ4n) is 4.97. The van der Waals surface area contributed by atoms with E-state index in [1.807, 2.05) is 18.2 Å². The number of hydrogen-bond donors (Lipinski definition) is 2. The smallest absolute Gasteiger partial charge is 0.269 e. The molecule has 0 bridgehead atoms. The van der Waals surface area contributed by atoms with Crippen LogP contribution in [0.5, 0.6) is 11.5 Å². The summed E-state index contributed by atoms with van der Waals surface area (Å²) in [5, 5.41) is 10.2. The van der Waals surface area contributed by atoms with Gasteiger partial charge in [-0.2, -0.15) is 0 Å². The predicted molar refractivity (Wildman–Crippen MR) is 112 cm³/mol. The van der Waals surface area contributed by atoms with Crippen molar-refractivity contribution in [2.24, 2.45) is 0 Å². The Morgan fingerprint density at radius 2 is 1.90 bits per heavy atom. The molecule has 1 saturated carbocycles. The lowest BCUT2D eigenvalue weighted by Crippen LogP contribution is -2.61. The Hall–Kier alpha value is -1.19. The highest BCUT2D eigenvalue weighted by Gasteiger charge is 2.48. The van der Waals surface area contributed by atoms with E-state index < -0.39 is 13.9 Å². The van der Waals surface area contributed by atoms with E-state index in [0.29, 0.717) is 48.5 Å². The number of aliphatic hydroxyl groups is 1. The van der Waals surface area contributed by atoms with Gasteiger partial charge in [0.1, 0.15) is 24.8 Å². The molecule has 2 fully saturated rings. The normalized spacial score (nSPS) is 30.7. The first-order valence-corrected chi connectivity index (χ1v) is 12.3. The SMILES string of the molecule is COc1ccc(CCO[C@@H]2CCCC[C@H]2[N@+]2(COP(=O)([O-])O)CC[C@@H](O)C2)cc1OC. The van der Waals surface area contributed by atoms with Gasteiger partial charge in [-0.05, 0) is 37.0 Å². The number of aliphatic hydroxyl groups excluding tert-OH is 1. The van der Waals surface area contributed by atoms with Crippen LogP contribution in [0.4, 0.5) is 0 Å². The first-order valence-electron chi connectivity index (χ1n) is 10.8. The highest BCUT2D eigenvalue weighted by Crippen LogP contribution is 2.39. The molecule has 176 valence electrons. The number of phosphoric ester groups is 1. The lowest BCUT2D eigenvalue weighted by atomic mass is 9.89. The molecule has 5 atom stereocenters. The van der Waals surface area contributed by atoms with Crippen molar-refractivity contribution >= 4 is 7.82 Å². The quantitative estimate of drug-likeness (QED) is 0.400. The van der Waals surface area contributed by atoms with Crippen molar-refractivity contribution < 1.29 is 42.7 Å². The number of rotatable bonds is 10. The number of nitrogens with zero attached hydrogens (tertiary/aromatic N) is 1. The third kappa shape index (κ3) is 6.42. The number of quaternary nitrogens is 1. The van der Waals surface area contributed by atoms with Gasteiger partial charge < -0.3 is 29.1 Å². The molecule has 2 N–H and O–H groups in total. The number of hydrogen-bond acceptors (Lipinski definition) is 7. The van der Waals surface area contributed by atoms with E-state index in [-0.39, 0.29) is 18.9 Å². The molecule has 1 aromatic rings. The Morgan fingerprint density at radius 1 is 1.16 bits per heavy atom. The molecule has 1 heterocycles. The van der Waals surface area contributed by atoms with Gasteiger partial charge in [0.2, 0.25) is 0 Å². The Morgan fingerprint density at radius 3 is 2.55 bits per heavy atom. The van der Waals surface area contributed by atoms with Gasteiger partial charge >= 0.3 is 0 Å². The standard InChI is InChI=1S/C21H34NO8P/c1-27-20-8-7-16(13-21(20)28-2)10-12-29-19-6-4-3-5-18(19)22(11-9-17(23)14-22)15-30-31(24,25)26/h7-8,13,17-19,23H,3-6,9-12,14-15H2,1-2H3,(H-,24,25,26)/t17-,18-,19-,22-/m1/s1. The van der Waals surface area contributed by atoms with Crippen LogP contribution >= 0.6 is 7.82 Å². The van der Waals surface area contributed by atoms with Gasteiger partial charge in [0.05, 0.1) is 27.4 Å². The Kier molecular flexibility index (Phi) is 8.37. The van der Waals surface area contributed by atoms with E-state index in [0.717, 1.165) is 31.2 Å². The number of benzene rings is 1. The third-order valence-electron chi connectivity index (χ3n) is 6.50. The van der Waals surface area contributed by atoms with Crippen LogP contribution in [0.15, 0.2) is 18.2 Å². The zero-order valence-electron chi connectivity index (χ0n) is 18.3. The summed E-state index contributed by atoms with van der Waals surface area (Å²) < 4.78 is 33.3. The predicted octanol–water partition coefficient (Wildman–Crippen LogP) is 1.59. The van der Waals surface area contributed by atoms with Crippen LogP contribution in [0.3, 0.4) is 0 Å². The molecule has 1 aromatic carbocycles. The van der Waals surface area contributed by atoms with E-state index in [1.54, 1.807) is 14.2 Å². The van der Waals surface area contributed by atoms with Gasteiger partial charge in [-0.1, -0.05) is 12.5 Å². The molecule has 0 spiro atoms. The van der Waals surface area contributed by atoms with Crippen LogP contribution in [0, 0.1) is 0 Å². The monoisotopic (exact) mass is 459 g/mol. The van der Waals surface area contributed by atoms with Gasteiger partial charge in [0, 0.05) is 12.8 Å². The second-order valence-corrected chi connectivity index (χ2v) is 9.69. The van der Waals surface area contributed by atoms with Gasteiger partial charge in [0.15, 0.2) is 18.2 Å². The molecule has 10 heteroatoms. The Balaban J connectivity index is 1.66. The zero-order valence-corrected chi connectivity index (χ0v) is 19.2. The maximum absolute atomic E-state index is 11.2. The number of phosphoric acid groups is 1. The van der Waals surface area contributed by atoms with E-state index in [1.165, 1.54) is 0 Å². The fourth-order valence-corrected chi connectivity index (χ4v) is 5.35. The van der Waals surface area contributed by atoms with Gasteiger partial charge in [-0.25, -0.2) is 0 Å². The summed E-state index contributed by atoms with van der Waals surface area (Å²) in [6, 6.07) is 5.81. The minimum Gasteiger partial charge on any atom is -0.756 e. The van der Waals surface area contributed by atoms with Crippen molar-refractivity contribution in [2.75, 3.05) is 40.6 Å². The first-order chi connectivity index (χ1) is 14.8. The number of likely N-dealkylation sites (tertiary alicyclic amines) is 1. The van der Waals surface area contributed by atoms with Crippen molar-refractivity contribution in [3.8, 4) is 11.5 Å². The molecular weight excluding hydrogens is 425 g/mol. The molecule has 0 amide bonds. The topological polar surface area (TPSA) is 118 Å². The molecule has 0 radical (unpaired) electrons. The summed E-state index contributed by atoms with van der Waals surface area (Å²) in [6.07, 6.45) is 4.51. The van der Waals surface area contributed by atoms with Crippen molar-refractivity contribution in [3.63, 3.8) is 0 Å². The minimum absolute atomic E-state index is 0.0165. The average molecular weight is 459 g/mol. The third-order valence-corrected chi connectivity index (χ3v) is 6.94. The van der Waals surface area contributed by atoms with E-state index >= 15 is 0 Å². The summed E-state index contributed by atoms with van der Waals surface area (Å²) in [5.41, 5.74) is 1.07. The summed E-state index contributed by atoms with van der Waals surface area (Å²) >= 11 is 0. The Bertz CT molecular complexity index is 772. The summed E-state index contributed by atoms with van der Waals surface area (Å²) in [4.78, 5) is 20.4. The zero-order chi connectivity index (χ0) is 22.5. The van der Waals surface area contributed by atoms with Crippen molar-refractivity contribution in [1.82, 2.24) is 0 Å². The lowest BCUT2D eigenvalue weighted by Gasteiger charge is -2.46. The number of ether oxygens (including phenoxy) is 3. The Labute approximate surface area is 183 Å². The van der Waals surface area contributed by atoms with Crippen LogP contribution < -0.4 is 14.4 Å². The van der Waals surface area contributed by atoms with Crippen LogP contribution in [0.1, 0.15) is 37.7 Å². The fraction of sp³-hybridized carbons (Fsp3) is 0.714. The molecule has 1 saturated heterocycles. The molecule has 9 nitrogen and oxygen atoms in total. The van der Waals surface area contributed by atoms with Crippen molar-refractivity contribution in [3.05, 3.63) is 23.8 Å². The highest BCUT2D eigenvalue weighted by molar-refractivity contribution is 7.44. The van der Waals surface area contributed by atoms with Crippen molar-refractivity contribution in [2.45, 2.75) is 56.8 Å². The molecule has 31 heavy (non-hydrogen) atoms. The van der Waals surface area contributed by atoms with Crippen molar-refractivity contribution in [1.29, 1.82) is 0 Å².